The van der Waals surface area contributed by atoms with Crippen molar-refractivity contribution in [1.29, 1.82) is 0 Å². The fourth-order valence-electron chi connectivity index (χ4n) is 10.3. The van der Waals surface area contributed by atoms with Crippen molar-refractivity contribution in [2.45, 2.75) is 96.7 Å². The van der Waals surface area contributed by atoms with Crippen molar-refractivity contribution in [2.24, 2.45) is 11.3 Å². The fourth-order valence-corrected chi connectivity index (χ4v) is 10.3. The zero-order valence-electron chi connectivity index (χ0n) is 41.0. The first-order chi connectivity index (χ1) is 33.4. The third-order valence-electron chi connectivity index (χ3n) is 13.9. The first kappa shape index (κ1) is 50.2. The van der Waals surface area contributed by atoms with E-state index in [9.17, 15) is 34.2 Å². The van der Waals surface area contributed by atoms with Gasteiger partial charge in [0.2, 0.25) is 11.6 Å². The molecule has 2 aromatic heterocycles. The van der Waals surface area contributed by atoms with E-state index in [4.69, 9.17) is 9.47 Å². The molecule has 18 nitrogen and oxygen atoms in total. The summed E-state index contributed by atoms with van der Waals surface area (Å²) in [7, 11) is 1.43. The molecule has 4 N–H and O–H groups in total. The summed E-state index contributed by atoms with van der Waals surface area (Å²) in [6.45, 7) is 13.2. The number of hydrogen-bond donors (Lipinski definition) is 4. The molecule has 4 amide bonds. The summed E-state index contributed by atoms with van der Waals surface area (Å²) in [5, 5.41) is 28.7. The predicted molar refractivity (Wildman–Crippen MR) is 260 cm³/mol. The lowest BCUT2D eigenvalue weighted by atomic mass is 9.84. The van der Waals surface area contributed by atoms with Crippen molar-refractivity contribution < 1.29 is 43.7 Å². The van der Waals surface area contributed by atoms with Crippen LogP contribution in [0.25, 0.3) is 33.3 Å². The number of aliphatic hydroxyl groups is 2. The fraction of sp³-hybridized carbons (Fsp3) is 0.519. The molecule has 18 heteroatoms. The maximum atomic E-state index is 14.8. The van der Waals surface area contributed by atoms with Crippen molar-refractivity contribution in [3.63, 3.8) is 0 Å². The average molecular weight is 960 g/mol. The number of nitrogens with one attached hydrogen (secondary N) is 2. The van der Waals surface area contributed by atoms with E-state index in [0.29, 0.717) is 51.4 Å². The molecule has 0 spiro atoms. The van der Waals surface area contributed by atoms with Gasteiger partial charge < -0.3 is 39.4 Å². The maximum absolute atomic E-state index is 14.8. The Labute approximate surface area is 408 Å². The van der Waals surface area contributed by atoms with Gasteiger partial charge >= 0.3 is 5.97 Å². The van der Waals surface area contributed by atoms with Crippen LogP contribution in [0.1, 0.15) is 65.0 Å². The van der Waals surface area contributed by atoms with Crippen LogP contribution in [-0.4, -0.2) is 164 Å². The lowest BCUT2D eigenvalue weighted by Crippen LogP contribution is -2.67. The Morgan fingerprint density at radius 2 is 1.73 bits per heavy atom. The molecule has 70 heavy (non-hydrogen) atoms. The lowest BCUT2D eigenvalue weighted by Gasteiger charge is -2.40. The third-order valence-corrected chi connectivity index (χ3v) is 13.9. The van der Waals surface area contributed by atoms with Crippen LogP contribution >= 0.6 is 0 Å². The molecule has 2 aromatic carbocycles. The number of morpholine rings is 1. The number of likely N-dealkylation sites (N-methyl/N-ethyl adjacent to an activating group) is 1. The van der Waals surface area contributed by atoms with Gasteiger partial charge in [-0.1, -0.05) is 63.9 Å². The molecule has 0 unspecified atom stereocenters. The number of nitrogens with zero attached hydrogens (tertiary/aromatic N) is 7. The number of aryl methyl sites for hydroxylation is 1. The van der Waals surface area contributed by atoms with Crippen molar-refractivity contribution in [3.05, 3.63) is 72.3 Å². The number of amides is 4. The van der Waals surface area contributed by atoms with Gasteiger partial charge in [0, 0.05) is 93.3 Å². The van der Waals surface area contributed by atoms with Gasteiger partial charge in [0.25, 0.3) is 17.7 Å². The van der Waals surface area contributed by atoms with E-state index >= 15 is 0 Å². The molecule has 6 heterocycles. The Hall–Kier alpha value is -6.23. The molecule has 6 bridgehead atoms. The molecule has 8 rings (SSSR count). The van der Waals surface area contributed by atoms with Crippen molar-refractivity contribution in [1.82, 2.24) is 45.0 Å². The highest BCUT2D eigenvalue weighted by molar-refractivity contribution is 5.98. The average Bonchev–Trinajstić information content (AvgIpc) is 3.90. The standard InChI is InChI=1S/C52H65N9O9/c1-7-60-42-15-14-37-27-39(42)40(45(60)38-29-53-33-54-30-38)28-50(4,5)32-70-49(66)52(68)16-10-19-61(56-52)47(64)41(26-35-11-8-12-36(37)25-35)55-46(63)44(34(2)3)57(6)48(65)51(67)17-20-59(31-51)43(62)13-9-18-58-21-23-69-24-22-58/h8,11-12,14-15,25,27,29-30,33-34,41,44,56,67-68H,7,10,16-24,26,28,31-32H2,1-6H3,(H,55,63)/t41-,44-,51+,52-/m0/s1. The Morgan fingerprint density at radius 3 is 2.46 bits per heavy atom. The number of aromatic nitrogens is 3. The number of hydrogen-bond acceptors (Lipinski definition) is 13. The first-order valence-corrected chi connectivity index (χ1v) is 24.3. The molecular formula is C52H65N9O9. The second-order valence-electron chi connectivity index (χ2n) is 20.2. The van der Waals surface area contributed by atoms with Gasteiger partial charge in [-0.25, -0.2) is 14.8 Å². The summed E-state index contributed by atoms with van der Waals surface area (Å²) in [5.41, 5.74) is 4.24. The molecule has 372 valence electrons. The largest absolute Gasteiger partial charge is 0.462 e. The molecule has 4 aliphatic rings. The Balaban J connectivity index is 1.10. The van der Waals surface area contributed by atoms with Gasteiger partial charge in [-0.3, -0.25) is 29.1 Å². The van der Waals surface area contributed by atoms with E-state index in [1.807, 2.05) is 38.1 Å². The number of carbonyl (C=O) groups is 5. The van der Waals surface area contributed by atoms with E-state index in [-0.39, 0.29) is 51.9 Å². The summed E-state index contributed by atoms with van der Waals surface area (Å²) >= 11 is 0. The third kappa shape index (κ3) is 10.6. The SMILES string of the molecule is CCn1c(-c2cncnc2)c2c3cc(ccc31)-c1cccc(c1)C[C@H](NC(=O)[C@H](C(C)C)N(C)C(=O)[C@@]1(O)CCN(C(=O)C#CCN3CCOCC3)C1)C(=O)N1CCC[C@@](O)(N1)C(=O)OCC(C)(C)C2. The van der Waals surface area contributed by atoms with Gasteiger partial charge in [-0.2, -0.15) is 5.43 Å². The predicted octanol–water partition coefficient (Wildman–Crippen LogP) is 2.54. The van der Waals surface area contributed by atoms with Crippen molar-refractivity contribution >= 4 is 40.5 Å². The second-order valence-corrected chi connectivity index (χ2v) is 20.2. The number of fused-ring (bicyclic) bond motifs is 6. The number of hydrazine groups is 1. The lowest BCUT2D eigenvalue weighted by molar-refractivity contribution is -0.189. The van der Waals surface area contributed by atoms with E-state index in [1.54, 1.807) is 26.2 Å². The normalized spacial score (nSPS) is 23.5. The molecule has 4 aromatic rings. The zero-order chi connectivity index (χ0) is 50.0. The smallest absolute Gasteiger partial charge is 0.355 e. The highest BCUT2D eigenvalue weighted by Crippen LogP contribution is 2.40. The van der Waals surface area contributed by atoms with Crippen molar-refractivity contribution in [3.8, 4) is 34.2 Å². The number of carbonyl (C=O) groups excluding carboxylic acids is 5. The molecule has 0 aliphatic carbocycles. The Bertz CT molecular complexity index is 2690. The minimum atomic E-state index is -2.25. The van der Waals surface area contributed by atoms with E-state index in [1.165, 1.54) is 23.2 Å². The summed E-state index contributed by atoms with van der Waals surface area (Å²) < 4.78 is 13.5. The number of benzene rings is 2. The van der Waals surface area contributed by atoms with Crippen molar-refractivity contribution in [2.75, 3.05) is 66.1 Å². The van der Waals surface area contributed by atoms with Gasteiger partial charge in [0.15, 0.2) is 5.60 Å². The monoisotopic (exact) mass is 959 g/mol. The minimum Gasteiger partial charge on any atom is -0.462 e. The first-order valence-electron chi connectivity index (χ1n) is 24.3. The molecule has 0 radical (unpaired) electrons. The second kappa shape index (κ2) is 20.6. The number of β-amino-alcohol motifs (C(OH)–C–C–N with tert-alkyl or cyclic N) is 1. The van der Waals surface area contributed by atoms with Crippen LogP contribution in [0.5, 0.6) is 0 Å². The van der Waals surface area contributed by atoms with E-state index in [2.05, 4.69) is 67.1 Å². The number of likely N-dealkylation sites (tertiary alicyclic amines) is 1. The van der Waals surface area contributed by atoms with Gasteiger partial charge in [-0.05, 0) is 66.0 Å². The molecule has 4 aliphatic heterocycles. The van der Waals surface area contributed by atoms with Crippen LogP contribution in [0.15, 0.2) is 61.2 Å². The topological polar surface area (TPSA) is 212 Å². The molecule has 3 saturated heterocycles. The van der Waals surface area contributed by atoms with Gasteiger partial charge in [-0.15, -0.1) is 0 Å². The van der Waals surface area contributed by atoms with Crippen LogP contribution < -0.4 is 10.7 Å². The van der Waals surface area contributed by atoms with Crippen LogP contribution in [0, 0.1) is 23.2 Å². The van der Waals surface area contributed by atoms with Gasteiger partial charge in [0.05, 0.1) is 38.6 Å². The van der Waals surface area contributed by atoms with Crippen LogP contribution in [0.3, 0.4) is 0 Å². The number of esters is 1. The van der Waals surface area contributed by atoms with E-state index in [0.717, 1.165) is 43.9 Å². The highest BCUT2D eigenvalue weighted by atomic mass is 16.6. The minimum absolute atomic E-state index is 0.00156. The van der Waals surface area contributed by atoms with Crippen LogP contribution in [0.2, 0.25) is 0 Å². The highest BCUT2D eigenvalue weighted by Gasteiger charge is 2.49. The Morgan fingerprint density at radius 1 is 0.986 bits per heavy atom. The number of rotatable bonds is 8. The zero-order valence-corrected chi connectivity index (χ0v) is 41.0. The summed E-state index contributed by atoms with van der Waals surface area (Å²) in [6.07, 6.45) is 5.73. The molecule has 3 fully saturated rings. The summed E-state index contributed by atoms with van der Waals surface area (Å²) in [6, 6.07) is 11.6. The number of cyclic esters (lactones) is 1. The molecular weight excluding hydrogens is 895 g/mol. The maximum Gasteiger partial charge on any atom is 0.355 e. The summed E-state index contributed by atoms with van der Waals surface area (Å²) in [5.74, 6) is 1.59. The van der Waals surface area contributed by atoms with E-state index < -0.39 is 64.3 Å². The molecule has 4 atom stereocenters. The Kier molecular flexibility index (Phi) is 14.8. The quantitative estimate of drug-likeness (QED) is 0.148. The molecule has 0 saturated carbocycles. The summed E-state index contributed by atoms with van der Waals surface area (Å²) in [4.78, 5) is 83.9. The van der Waals surface area contributed by atoms with Crippen LogP contribution in [0.4, 0.5) is 0 Å². The number of ether oxygens (including phenoxy) is 2. The van der Waals surface area contributed by atoms with Gasteiger partial charge in [0.1, 0.15) is 18.4 Å². The van der Waals surface area contributed by atoms with Crippen LogP contribution in [-0.2, 0) is 52.8 Å².